The number of aromatic nitrogens is 1. The SMILES string of the molecule is CC(C)(C)OC(=O)Nc1csc([C@]2(N)CO[C@@H](C(F)(F)F)C[C@H]2CO)n1. The Morgan fingerprint density at radius 2 is 2.19 bits per heavy atom. The van der Waals surface area contributed by atoms with E-state index in [1.165, 1.54) is 5.38 Å². The van der Waals surface area contributed by atoms with E-state index in [9.17, 15) is 23.1 Å². The van der Waals surface area contributed by atoms with E-state index in [-0.39, 0.29) is 10.8 Å². The van der Waals surface area contributed by atoms with Crippen molar-refractivity contribution >= 4 is 23.2 Å². The molecule has 0 saturated carbocycles. The molecule has 1 fully saturated rings. The molecule has 11 heteroatoms. The Labute approximate surface area is 152 Å². The van der Waals surface area contributed by atoms with Crippen LogP contribution in [-0.4, -0.2) is 47.3 Å². The second kappa shape index (κ2) is 7.29. The van der Waals surface area contributed by atoms with Crippen molar-refractivity contribution in [3.8, 4) is 0 Å². The van der Waals surface area contributed by atoms with E-state index in [4.69, 9.17) is 15.2 Å². The maximum absolute atomic E-state index is 12.9. The molecule has 3 atom stereocenters. The molecular formula is C15H22F3N3O4S. The van der Waals surface area contributed by atoms with Gasteiger partial charge in [-0.15, -0.1) is 11.3 Å². The summed E-state index contributed by atoms with van der Waals surface area (Å²) < 4.78 is 48.6. The van der Waals surface area contributed by atoms with Gasteiger partial charge in [0.25, 0.3) is 0 Å². The predicted molar refractivity (Wildman–Crippen MR) is 88.8 cm³/mol. The van der Waals surface area contributed by atoms with Gasteiger partial charge in [0.2, 0.25) is 0 Å². The first kappa shape index (κ1) is 20.9. The van der Waals surface area contributed by atoms with Crippen LogP contribution in [0.3, 0.4) is 0 Å². The lowest BCUT2D eigenvalue weighted by Crippen LogP contribution is -2.57. The fourth-order valence-electron chi connectivity index (χ4n) is 2.55. The Bertz CT molecular complexity index is 647. The minimum absolute atomic E-state index is 0.165. The summed E-state index contributed by atoms with van der Waals surface area (Å²) in [6.45, 7) is 4.13. The number of amides is 1. The average Bonchev–Trinajstić information content (AvgIpc) is 2.93. The van der Waals surface area contributed by atoms with E-state index in [2.05, 4.69) is 10.3 Å². The van der Waals surface area contributed by atoms with Gasteiger partial charge in [0.15, 0.2) is 6.10 Å². The summed E-state index contributed by atoms with van der Waals surface area (Å²) in [6.07, 6.45) is -7.68. The third kappa shape index (κ3) is 4.84. The van der Waals surface area contributed by atoms with Crippen molar-refractivity contribution < 1.29 is 32.5 Å². The predicted octanol–water partition coefficient (Wildman–Crippen LogP) is 2.60. The number of hydrogen-bond acceptors (Lipinski definition) is 7. The van der Waals surface area contributed by atoms with Crippen molar-refractivity contribution in [1.29, 1.82) is 0 Å². The van der Waals surface area contributed by atoms with Crippen LogP contribution in [0.5, 0.6) is 0 Å². The molecule has 0 bridgehead atoms. The van der Waals surface area contributed by atoms with E-state index in [0.717, 1.165) is 11.3 Å². The number of hydrogen-bond donors (Lipinski definition) is 3. The molecule has 0 aromatic carbocycles. The van der Waals surface area contributed by atoms with Crippen molar-refractivity contribution in [2.45, 2.75) is 50.6 Å². The van der Waals surface area contributed by atoms with Crippen molar-refractivity contribution in [1.82, 2.24) is 4.98 Å². The minimum Gasteiger partial charge on any atom is -0.444 e. The molecule has 2 heterocycles. The second-order valence-electron chi connectivity index (χ2n) is 7.16. The molecule has 1 amide bonds. The number of nitrogens with two attached hydrogens (primary N) is 1. The fraction of sp³-hybridized carbons (Fsp3) is 0.733. The van der Waals surface area contributed by atoms with Gasteiger partial charge in [0.05, 0.1) is 12.1 Å². The number of ether oxygens (including phenoxy) is 2. The Morgan fingerprint density at radius 1 is 1.54 bits per heavy atom. The van der Waals surface area contributed by atoms with Crippen LogP contribution >= 0.6 is 11.3 Å². The van der Waals surface area contributed by atoms with Crippen molar-refractivity contribution in [3.63, 3.8) is 0 Å². The highest BCUT2D eigenvalue weighted by Gasteiger charge is 2.52. The Morgan fingerprint density at radius 3 is 2.73 bits per heavy atom. The van der Waals surface area contributed by atoms with Gasteiger partial charge in [-0.2, -0.15) is 13.2 Å². The molecule has 26 heavy (non-hydrogen) atoms. The average molecular weight is 397 g/mol. The first-order valence-corrected chi connectivity index (χ1v) is 8.77. The van der Waals surface area contributed by atoms with Gasteiger partial charge in [0, 0.05) is 17.9 Å². The number of rotatable bonds is 3. The topological polar surface area (TPSA) is 107 Å². The molecule has 0 aliphatic carbocycles. The van der Waals surface area contributed by atoms with Gasteiger partial charge in [0.1, 0.15) is 16.4 Å². The molecule has 0 radical (unpaired) electrons. The molecule has 0 spiro atoms. The van der Waals surface area contributed by atoms with Gasteiger partial charge >= 0.3 is 12.3 Å². The molecule has 1 saturated heterocycles. The lowest BCUT2D eigenvalue weighted by molar-refractivity contribution is -0.248. The van der Waals surface area contributed by atoms with Crippen molar-refractivity contribution in [2.75, 3.05) is 18.5 Å². The van der Waals surface area contributed by atoms with E-state index >= 15 is 0 Å². The zero-order valence-corrected chi connectivity index (χ0v) is 15.4. The summed E-state index contributed by atoms with van der Waals surface area (Å²) in [4.78, 5) is 15.9. The third-order valence-electron chi connectivity index (χ3n) is 3.87. The number of nitrogens with one attached hydrogen (secondary N) is 1. The van der Waals surface area contributed by atoms with Crippen molar-refractivity contribution in [3.05, 3.63) is 10.4 Å². The number of alkyl halides is 3. The molecule has 1 aliphatic heterocycles. The summed E-state index contributed by atoms with van der Waals surface area (Å²) >= 11 is 1.06. The van der Waals surface area contributed by atoms with Crippen LogP contribution in [0.4, 0.5) is 23.8 Å². The summed E-state index contributed by atoms with van der Waals surface area (Å²) in [5.41, 5.74) is 4.17. The van der Waals surface area contributed by atoms with Gasteiger partial charge in [-0.1, -0.05) is 0 Å². The van der Waals surface area contributed by atoms with E-state index in [1.807, 2.05) is 0 Å². The van der Waals surface area contributed by atoms with Crippen LogP contribution in [0.2, 0.25) is 0 Å². The number of aliphatic hydroxyl groups is 1. The van der Waals surface area contributed by atoms with Crippen LogP contribution in [-0.2, 0) is 15.0 Å². The third-order valence-corrected chi connectivity index (χ3v) is 4.90. The maximum atomic E-state index is 12.9. The number of carbonyl (C=O) groups excluding carboxylic acids is 1. The van der Waals surface area contributed by atoms with Crippen LogP contribution in [0, 0.1) is 5.92 Å². The Kier molecular flexibility index (Phi) is 5.86. The first-order chi connectivity index (χ1) is 11.8. The number of thiazole rings is 1. The molecule has 4 N–H and O–H groups in total. The molecule has 1 aromatic rings. The molecule has 2 rings (SSSR count). The smallest absolute Gasteiger partial charge is 0.414 e. The number of nitrogens with zero attached hydrogens (tertiary/aromatic N) is 1. The van der Waals surface area contributed by atoms with Crippen molar-refractivity contribution in [2.24, 2.45) is 11.7 Å². The summed E-state index contributed by atoms with van der Waals surface area (Å²) in [7, 11) is 0. The normalized spacial score (nSPS) is 27.2. The van der Waals surface area contributed by atoms with Gasteiger partial charge in [-0.05, 0) is 27.2 Å². The molecule has 1 aromatic heterocycles. The summed E-state index contributed by atoms with van der Waals surface area (Å²) in [6, 6.07) is 0. The highest BCUT2D eigenvalue weighted by atomic mass is 32.1. The maximum Gasteiger partial charge on any atom is 0.414 e. The van der Waals surface area contributed by atoms with Gasteiger partial charge in [-0.3, -0.25) is 5.32 Å². The van der Waals surface area contributed by atoms with Gasteiger partial charge < -0.3 is 20.3 Å². The minimum atomic E-state index is -4.53. The standard InChI is InChI=1S/C15H22F3N3O4S/c1-13(2,3)25-12(23)21-10-6-26-11(20-10)14(19)7-24-9(15(16,17)18)4-8(14)5-22/h6,8-9,22H,4-5,7,19H2,1-3H3,(H,21,23)/t8-,9+,14-/m0/s1. The van der Waals surface area contributed by atoms with Crippen LogP contribution in [0.15, 0.2) is 5.38 Å². The number of halogens is 3. The first-order valence-electron chi connectivity index (χ1n) is 7.89. The number of carbonyl (C=O) groups is 1. The lowest BCUT2D eigenvalue weighted by atomic mass is 9.80. The number of aliphatic hydroxyl groups excluding tert-OH is 1. The van der Waals surface area contributed by atoms with Crippen LogP contribution < -0.4 is 11.1 Å². The van der Waals surface area contributed by atoms with E-state index in [1.54, 1.807) is 20.8 Å². The quantitative estimate of drug-likeness (QED) is 0.724. The zero-order valence-electron chi connectivity index (χ0n) is 14.6. The second-order valence-corrected chi connectivity index (χ2v) is 8.02. The number of anilines is 1. The summed E-state index contributed by atoms with van der Waals surface area (Å²) in [5, 5.41) is 13.7. The molecule has 1 aliphatic rings. The monoisotopic (exact) mass is 397 g/mol. The summed E-state index contributed by atoms with van der Waals surface area (Å²) in [5.74, 6) is -0.720. The molecule has 7 nitrogen and oxygen atoms in total. The largest absolute Gasteiger partial charge is 0.444 e. The lowest BCUT2D eigenvalue weighted by Gasteiger charge is -2.42. The fourth-order valence-corrected chi connectivity index (χ4v) is 3.48. The highest BCUT2D eigenvalue weighted by molar-refractivity contribution is 7.10. The van der Waals surface area contributed by atoms with E-state index < -0.39 is 55.1 Å². The van der Waals surface area contributed by atoms with Gasteiger partial charge in [-0.25, -0.2) is 9.78 Å². The highest BCUT2D eigenvalue weighted by Crippen LogP contribution is 2.41. The van der Waals surface area contributed by atoms with E-state index in [0.29, 0.717) is 0 Å². The zero-order chi connectivity index (χ0) is 19.8. The molecule has 148 valence electrons. The molecular weight excluding hydrogens is 375 g/mol. The Hall–Kier alpha value is -1.43. The van der Waals surface area contributed by atoms with Crippen LogP contribution in [0.25, 0.3) is 0 Å². The Balaban J connectivity index is 2.13. The molecule has 0 unspecified atom stereocenters. The van der Waals surface area contributed by atoms with Crippen LogP contribution in [0.1, 0.15) is 32.2 Å².